The number of rotatable bonds is 3. The molecule has 8 rings (SSSR count). The molecule has 4 aromatic rings. The van der Waals surface area contributed by atoms with E-state index in [9.17, 15) is 8.42 Å². The van der Waals surface area contributed by atoms with Gasteiger partial charge in [0.15, 0.2) is 0 Å². The van der Waals surface area contributed by atoms with Crippen LogP contribution in [0.2, 0.25) is 16.6 Å². The Bertz CT molecular complexity index is 2620. The van der Waals surface area contributed by atoms with Crippen molar-refractivity contribution in [2.45, 2.75) is 74.9 Å². The van der Waals surface area contributed by atoms with Crippen LogP contribution in [0.15, 0.2) is 92.4 Å². The molecule has 4 aromatic carbocycles. The average Bonchev–Trinajstić information content (AvgIpc) is 3.71. The van der Waals surface area contributed by atoms with Crippen LogP contribution in [0.3, 0.4) is 0 Å². The number of fused-ring (bicyclic) bond motifs is 9. The summed E-state index contributed by atoms with van der Waals surface area (Å²) in [5.74, 6) is 14.8. The zero-order valence-electron chi connectivity index (χ0n) is 28.5. The van der Waals surface area contributed by atoms with Crippen molar-refractivity contribution in [2.75, 3.05) is 0 Å². The summed E-state index contributed by atoms with van der Waals surface area (Å²) in [6, 6.07) is 25.0. The molecule has 4 aliphatic rings. The van der Waals surface area contributed by atoms with Crippen molar-refractivity contribution in [1.29, 1.82) is 0 Å². The standard InChI is InChI=1S/C43H38O2S2Si/c1-9-14-31-35-22-29-23-36-34(21-28(29)24-37(35)41-33-16-11-13-18-39(33)47(44,45)43(31)41)30(19-20-48(25(2)3,26(4)5)27(6)7)42-40(36)32-15-10-12-17-38(32)46(42)8/h10-13,15-18,21-27H,8H2,1-7H3. The average molecular weight is 679 g/mol. The van der Waals surface area contributed by atoms with Gasteiger partial charge in [-0.3, -0.25) is 0 Å². The molecule has 48 heavy (non-hydrogen) atoms. The van der Waals surface area contributed by atoms with Crippen LogP contribution in [0.5, 0.6) is 0 Å². The molecule has 0 aromatic heterocycles. The Kier molecular flexibility index (Phi) is 6.93. The van der Waals surface area contributed by atoms with Gasteiger partial charge in [0.05, 0.1) is 15.4 Å². The molecule has 1 atom stereocenters. The maximum absolute atomic E-state index is 13.9. The Morgan fingerprint density at radius 3 is 1.88 bits per heavy atom. The molecular weight excluding hydrogens is 641 g/mol. The number of benzene rings is 4. The molecule has 2 aliphatic heterocycles. The van der Waals surface area contributed by atoms with Gasteiger partial charge in [-0.1, -0.05) is 95.7 Å². The zero-order chi connectivity index (χ0) is 33.9. The number of hydrogen-bond acceptors (Lipinski definition) is 2. The summed E-state index contributed by atoms with van der Waals surface area (Å²) in [7, 11) is -6.04. The lowest BCUT2D eigenvalue weighted by Gasteiger charge is -2.38. The summed E-state index contributed by atoms with van der Waals surface area (Å²) >= 11 is 0. The van der Waals surface area contributed by atoms with E-state index in [0.717, 1.165) is 38.3 Å². The van der Waals surface area contributed by atoms with Gasteiger partial charge in [0.1, 0.15) is 8.07 Å². The van der Waals surface area contributed by atoms with Gasteiger partial charge in [-0.2, -0.15) is 0 Å². The van der Waals surface area contributed by atoms with Gasteiger partial charge in [-0.15, -0.1) is 21.9 Å². The van der Waals surface area contributed by atoms with E-state index in [4.69, 9.17) is 5.87 Å². The highest BCUT2D eigenvalue weighted by Gasteiger charge is 2.43. The topological polar surface area (TPSA) is 34.1 Å². The molecule has 0 amide bonds. The molecule has 0 radical (unpaired) electrons. The summed E-state index contributed by atoms with van der Waals surface area (Å²) in [6.45, 7) is 16.0. The number of hydrogen-bond donors (Lipinski definition) is 0. The highest BCUT2D eigenvalue weighted by molar-refractivity contribution is 8.18. The van der Waals surface area contributed by atoms with E-state index in [-0.39, 0.29) is 10.5 Å². The first-order valence-corrected chi connectivity index (χ1v) is 21.8. The quantitative estimate of drug-likeness (QED) is 0.123. The minimum Gasteiger partial charge on any atom is -0.218 e. The minimum absolute atomic E-state index is 0.343. The van der Waals surface area contributed by atoms with E-state index in [1.807, 2.05) is 12.1 Å². The second-order valence-corrected chi connectivity index (χ2v) is 23.3. The fourth-order valence-corrected chi connectivity index (χ4v) is 17.8. The van der Waals surface area contributed by atoms with E-state index < -0.39 is 17.9 Å². The van der Waals surface area contributed by atoms with Gasteiger partial charge < -0.3 is 0 Å². The van der Waals surface area contributed by atoms with Gasteiger partial charge in [0, 0.05) is 32.1 Å². The van der Waals surface area contributed by atoms with Crippen molar-refractivity contribution < 1.29 is 8.42 Å². The van der Waals surface area contributed by atoms with Crippen molar-refractivity contribution in [2.24, 2.45) is 0 Å². The van der Waals surface area contributed by atoms with Crippen LogP contribution < -0.4 is 10.4 Å². The molecule has 0 bridgehead atoms. The lowest BCUT2D eigenvalue weighted by Crippen LogP contribution is -2.43. The zero-order valence-corrected chi connectivity index (χ0v) is 31.1. The van der Waals surface area contributed by atoms with Crippen LogP contribution >= 0.6 is 10.5 Å². The Morgan fingerprint density at radius 1 is 0.688 bits per heavy atom. The fraction of sp³-hybridized carbons (Fsp3) is 0.233. The van der Waals surface area contributed by atoms with Crippen molar-refractivity contribution in [3.05, 3.63) is 115 Å². The smallest absolute Gasteiger partial charge is 0.209 e. The van der Waals surface area contributed by atoms with Crippen LogP contribution in [0.25, 0.3) is 33.1 Å². The summed E-state index contributed by atoms with van der Waals surface area (Å²) in [6.07, 6.45) is 0. The highest BCUT2D eigenvalue weighted by Crippen LogP contribution is 2.56. The van der Waals surface area contributed by atoms with Gasteiger partial charge >= 0.3 is 0 Å². The molecule has 0 saturated heterocycles. The van der Waals surface area contributed by atoms with E-state index in [0.29, 0.717) is 32.0 Å². The van der Waals surface area contributed by atoms with E-state index >= 15 is 0 Å². The SMILES string of the molecule is C=S1C2=C(C#C[Si](C(C)C)(C(C)C)C(C)C)c3cc4cc5c(cc4cc3=C2c2ccccc21)C(C#CC)=C1C=5c2ccccc2S1(=O)=O. The van der Waals surface area contributed by atoms with Crippen molar-refractivity contribution in [3.63, 3.8) is 0 Å². The lowest BCUT2D eigenvalue weighted by atomic mass is 9.96. The fourth-order valence-electron chi connectivity index (χ4n) is 8.96. The predicted molar refractivity (Wildman–Crippen MR) is 207 cm³/mol. The molecule has 0 N–H and O–H groups in total. The monoisotopic (exact) mass is 678 g/mol. The molecule has 5 heteroatoms. The van der Waals surface area contributed by atoms with Gasteiger partial charge in [-0.25, -0.2) is 8.42 Å². The molecule has 2 aliphatic carbocycles. The first kappa shape index (κ1) is 31.2. The Morgan fingerprint density at radius 2 is 1.25 bits per heavy atom. The molecule has 2 heterocycles. The first-order chi connectivity index (χ1) is 22.9. The van der Waals surface area contributed by atoms with Crippen molar-refractivity contribution >= 4 is 67.3 Å². The van der Waals surface area contributed by atoms with E-state index in [1.165, 1.54) is 31.7 Å². The maximum atomic E-state index is 13.9. The molecule has 2 nitrogen and oxygen atoms in total. The highest BCUT2D eigenvalue weighted by atomic mass is 32.2. The molecule has 0 spiro atoms. The third-order valence-electron chi connectivity index (χ3n) is 11.0. The van der Waals surface area contributed by atoms with Crippen LogP contribution in [0.1, 0.15) is 70.7 Å². The molecule has 0 saturated carbocycles. The summed E-state index contributed by atoms with van der Waals surface area (Å²) in [5.41, 5.74) is 13.4. The molecule has 238 valence electrons. The summed E-state index contributed by atoms with van der Waals surface area (Å²) in [5, 5.41) is 4.27. The second-order valence-electron chi connectivity index (χ2n) is 14.2. The van der Waals surface area contributed by atoms with Crippen LogP contribution in [-0.2, 0) is 9.84 Å². The van der Waals surface area contributed by atoms with Gasteiger partial charge in [-0.05, 0) is 97.8 Å². The van der Waals surface area contributed by atoms with Crippen molar-refractivity contribution in [1.82, 2.24) is 0 Å². The first-order valence-electron chi connectivity index (χ1n) is 16.7. The molecule has 0 fully saturated rings. The Balaban J connectivity index is 1.46. The third kappa shape index (κ3) is 3.96. The number of allylic oxidation sites excluding steroid dienone is 4. The maximum Gasteiger partial charge on any atom is 0.209 e. The predicted octanol–water partition coefficient (Wildman–Crippen LogP) is 8.79. The van der Waals surface area contributed by atoms with Crippen LogP contribution in [0, 0.1) is 23.3 Å². The summed E-state index contributed by atoms with van der Waals surface area (Å²) in [4.78, 5) is 3.26. The summed E-state index contributed by atoms with van der Waals surface area (Å²) < 4.78 is 27.8. The Labute approximate surface area is 287 Å². The van der Waals surface area contributed by atoms with Crippen LogP contribution in [-0.4, -0.2) is 22.4 Å². The lowest BCUT2D eigenvalue weighted by molar-refractivity contribution is 0.604. The van der Waals surface area contributed by atoms with E-state index in [1.54, 1.807) is 19.1 Å². The normalized spacial score (nSPS) is 18.1. The van der Waals surface area contributed by atoms with Gasteiger partial charge in [0.2, 0.25) is 9.84 Å². The van der Waals surface area contributed by atoms with Crippen molar-refractivity contribution in [3.8, 4) is 23.3 Å². The van der Waals surface area contributed by atoms with Gasteiger partial charge in [0.25, 0.3) is 0 Å². The molecule has 1 unspecified atom stereocenters. The molecular formula is C43H38O2S2Si. The van der Waals surface area contributed by atoms with E-state index in [2.05, 4.69) is 113 Å². The Hall–Kier alpha value is -4.13. The number of sulfone groups is 1. The minimum atomic E-state index is -3.69. The van der Waals surface area contributed by atoms with Crippen LogP contribution in [0.4, 0.5) is 0 Å². The second kappa shape index (κ2) is 10.7. The third-order valence-corrected chi connectivity index (χ3v) is 21.0. The largest absolute Gasteiger partial charge is 0.218 e.